The summed E-state index contributed by atoms with van der Waals surface area (Å²) in [5, 5.41) is 9.42. The molecule has 1 atom stereocenters. The highest BCUT2D eigenvalue weighted by Crippen LogP contribution is 2.09. The Labute approximate surface area is 55.5 Å². The largest absolute Gasteiger partial charge is 0.393 e. The SMILES string of the molecule is CC(C)SC[C@H](C)O. The monoisotopic (exact) mass is 134 g/mol. The van der Waals surface area contributed by atoms with Crippen molar-refractivity contribution >= 4 is 11.8 Å². The maximum absolute atomic E-state index is 8.78. The zero-order chi connectivity index (χ0) is 6.57. The van der Waals surface area contributed by atoms with E-state index in [1.54, 1.807) is 11.8 Å². The molecule has 0 bridgehead atoms. The van der Waals surface area contributed by atoms with E-state index in [1.807, 2.05) is 6.92 Å². The molecule has 0 rings (SSSR count). The number of hydrogen-bond acceptors (Lipinski definition) is 2. The van der Waals surface area contributed by atoms with E-state index in [4.69, 9.17) is 5.11 Å². The van der Waals surface area contributed by atoms with Crippen LogP contribution in [0.15, 0.2) is 0 Å². The summed E-state index contributed by atoms with van der Waals surface area (Å²) in [5.41, 5.74) is 0. The average molecular weight is 134 g/mol. The first-order valence-electron chi connectivity index (χ1n) is 2.92. The van der Waals surface area contributed by atoms with Crippen molar-refractivity contribution in [3.63, 3.8) is 0 Å². The fraction of sp³-hybridized carbons (Fsp3) is 1.00. The van der Waals surface area contributed by atoms with Gasteiger partial charge in [0.15, 0.2) is 0 Å². The maximum atomic E-state index is 8.78. The van der Waals surface area contributed by atoms with E-state index in [0.717, 1.165) is 5.75 Å². The predicted octanol–water partition coefficient (Wildman–Crippen LogP) is 1.51. The van der Waals surface area contributed by atoms with E-state index in [9.17, 15) is 0 Å². The molecule has 0 aliphatic rings. The molecule has 8 heavy (non-hydrogen) atoms. The van der Waals surface area contributed by atoms with Crippen LogP contribution in [0.1, 0.15) is 20.8 Å². The molecule has 0 aromatic carbocycles. The molecule has 50 valence electrons. The first-order chi connectivity index (χ1) is 3.63. The van der Waals surface area contributed by atoms with Crippen molar-refractivity contribution in [3.05, 3.63) is 0 Å². The summed E-state index contributed by atoms with van der Waals surface area (Å²) < 4.78 is 0. The van der Waals surface area contributed by atoms with E-state index in [1.165, 1.54) is 0 Å². The second kappa shape index (κ2) is 4.21. The molecule has 0 aromatic heterocycles. The van der Waals surface area contributed by atoms with Gasteiger partial charge in [-0.3, -0.25) is 0 Å². The summed E-state index contributed by atoms with van der Waals surface area (Å²) in [6.45, 7) is 6.08. The number of aliphatic hydroxyl groups excluding tert-OH is 1. The van der Waals surface area contributed by atoms with Crippen LogP contribution in [0.4, 0.5) is 0 Å². The van der Waals surface area contributed by atoms with Crippen LogP contribution in [0.5, 0.6) is 0 Å². The molecule has 0 aromatic rings. The maximum Gasteiger partial charge on any atom is 0.0602 e. The Morgan fingerprint density at radius 1 is 1.38 bits per heavy atom. The lowest BCUT2D eigenvalue weighted by atomic mass is 10.5. The molecule has 0 fully saturated rings. The van der Waals surface area contributed by atoms with Crippen LogP contribution < -0.4 is 0 Å². The van der Waals surface area contributed by atoms with Crippen molar-refractivity contribution in [2.75, 3.05) is 5.75 Å². The Hall–Kier alpha value is 0.310. The molecule has 0 aliphatic heterocycles. The van der Waals surface area contributed by atoms with Gasteiger partial charge in [0.05, 0.1) is 6.10 Å². The third kappa shape index (κ3) is 6.31. The zero-order valence-corrected chi connectivity index (χ0v) is 6.53. The number of thioether (sulfide) groups is 1. The summed E-state index contributed by atoms with van der Waals surface area (Å²) in [7, 11) is 0. The third-order valence-corrected chi connectivity index (χ3v) is 2.01. The van der Waals surface area contributed by atoms with E-state index in [-0.39, 0.29) is 6.10 Å². The van der Waals surface area contributed by atoms with Crippen LogP contribution >= 0.6 is 11.8 Å². The average Bonchev–Trinajstić information content (AvgIpc) is 1.61. The van der Waals surface area contributed by atoms with Crippen LogP contribution in [0.3, 0.4) is 0 Å². The van der Waals surface area contributed by atoms with Gasteiger partial charge in [0.2, 0.25) is 0 Å². The van der Waals surface area contributed by atoms with E-state index in [0.29, 0.717) is 5.25 Å². The van der Waals surface area contributed by atoms with Gasteiger partial charge in [0, 0.05) is 5.75 Å². The van der Waals surface area contributed by atoms with Crippen molar-refractivity contribution in [3.8, 4) is 0 Å². The highest BCUT2D eigenvalue weighted by Gasteiger charge is 1.97. The van der Waals surface area contributed by atoms with Crippen molar-refractivity contribution in [1.82, 2.24) is 0 Å². The summed E-state index contributed by atoms with van der Waals surface area (Å²) in [4.78, 5) is 0. The number of aliphatic hydroxyl groups is 1. The second-order valence-corrected chi connectivity index (χ2v) is 3.84. The summed E-state index contributed by atoms with van der Waals surface area (Å²) in [5.74, 6) is 0.859. The smallest absolute Gasteiger partial charge is 0.0602 e. The van der Waals surface area contributed by atoms with Crippen LogP contribution in [0, 0.1) is 0 Å². The molecular formula is C6H14OS. The molecular weight excluding hydrogens is 120 g/mol. The first-order valence-corrected chi connectivity index (χ1v) is 3.97. The van der Waals surface area contributed by atoms with Gasteiger partial charge in [-0.25, -0.2) is 0 Å². The van der Waals surface area contributed by atoms with Gasteiger partial charge in [-0.05, 0) is 12.2 Å². The number of rotatable bonds is 3. The standard InChI is InChI=1S/C6H14OS/c1-5(2)8-4-6(3)7/h5-7H,4H2,1-3H3/t6-/m0/s1. The van der Waals surface area contributed by atoms with E-state index in [2.05, 4.69) is 13.8 Å². The van der Waals surface area contributed by atoms with E-state index < -0.39 is 0 Å². The zero-order valence-electron chi connectivity index (χ0n) is 5.72. The van der Waals surface area contributed by atoms with Crippen molar-refractivity contribution in [2.24, 2.45) is 0 Å². The molecule has 0 unspecified atom stereocenters. The minimum Gasteiger partial charge on any atom is -0.393 e. The van der Waals surface area contributed by atoms with Gasteiger partial charge < -0.3 is 5.11 Å². The Balaban J connectivity index is 2.93. The van der Waals surface area contributed by atoms with Crippen molar-refractivity contribution < 1.29 is 5.11 Å². The second-order valence-electron chi connectivity index (χ2n) is 2.23. The minimum absolute atomic E-state index is 0.151. The predicted molar refractivity (Wildman–Crippen MR) is 39.3 cm³/mol. The molecule has 1 nitrogen and oxygen atoms in total. The minimum atomic E-state index is -0.151. The summed E-state index contributed by atoms with van der Waals surface area (Å²) in [6, 6.07) is 0. The third-order valence-electron chi connectivity index (χ3n) is 0.671. The van der Waals surface area contributed by atoms with Gasteiger partial charge in [-0.15, -0.1) is 0 Å². The molecule has 0 radical (unpaired) electrons. The topological polar surface area (TPSA) is 20.2 Å². The van der Waals surface area contributed by atoms with Gasteiger partial charge in [-0.2, -0.15) is 11.8 Å². The highest BCUT2D eigenvalue weighted by molar-refractivity contribution is 7.99. The Morgan fingerprint density at radius 3 is 2.00 bits per heavy atom. The lowest BCUT2D eigenvalue weighted by Gasteiger charge is -2.05. The molecule has 0 saturated carbocycles. The van der Waals surface area contributed by atoms with Crippen LogP contribution in [0.25, 0.3) is 0 Å². The fourth-order valence-corrected chi connectivity index (χ4v) is 0.995. The lowest BCUT2D eigenvalue weighted by molar-refractivity contribution is 0.220. The molecule has 0 saturated heterocycles. The molecule has 0 heterocycles. The van der Waals surface area contributed by atoms with Crippen molar-refractivity contribution in [1.29, 1.82) is 0 Å². The molecule has 0 spiro atoms. The summed E-state index contributed by atoms with van der Waals surface area (Å²) in [6.07, 6.45) is -0.151. The lowest BCUT2D eigenvalue weighted by Crippen LogP contribution is -2.05. The summed E-state index contributed by atoms with van der Waals surface area (Å²) >= 11 is 1.79. The van der Waals surface area contributed by atoms with Gasteiger partial charge >= 0.3 is 0 Å². The Morgan fingerprint density at radius 2 is 1.88 bits per heavy atom. The molecule has 0 amide bonds. The first kappa shape index (κ1) is 8.31. The van der Waals surface area contributed by atoms with Crippen LogP contribution in [-0.2, 0) is 0 Å². The Bertz CT molecular complexity index is 44.5. The number of hydrogen-bond donors (Lipinski definition) is 1. The molecule has 2 heteroatoms. The van der Waals surface area contributed by atoms with Crippen LogP contribution in [-0.4, -0.2) is 22.2 Å². The Kier molecular flexibility index (Phi) is 4.38. The van der Waals surface area contributed by atoms with Gasteiger partial charge in [0.25, 0.3) is 0 Å². The van der Waals surface area contributed by atoms with Gasteiger partial charge in [0.1, 0.15) is 0 Å². The van der Waals surface area contributed by atoms with Crippen LogP contribution in [0.2, 0.25) is 0 Å². The van der Waals surface area contributed by atoms with E-state index >= 15 is 0 Å². The molecule has 1 N–H and O–H groups in total. The normalized spacial score (nSPS) is 14.6. The fourth-order valence-electron chi connectivity index (χ4n) is 0.332. The van der Waals surface area contributed by atoms with Gasteiger partial charge in [-0.1, -0.05) is 13.8 Å². The molecule has 0 aliphatic carbocycles. The highest BCUT2D eigenvalue weighted by atomic mass is 32.2. The quantitative estimate of drug-likeness (QED) is 0.631. The van der Waals surface area contributed by atoms with Crippen molar-refractivity contribution in [2.45, 2.75) is 32.1 Å².